The molecule has 5 nitrogen and oxygen atoms in total. The Morgan fingerprint density at radius 3 is 2.75 bits per heavy atom. The van der Waals surface area contributed by atoms with Gasteiger partial charge in [-0.15, -0.1) is 11.3 Å². The summed E-state index contributed by atoms with van der Waals surface area (Å²) in [4.78, 5) is 32.5. The Bertz CT molecular complexity index is 1490. The highest BCUT2D eigenvalue weighted by Gasteiger charge is 2.30. The van der Waals surface area contributed by atoms with E-state index in [0.717, 1.165) is 47.3 Å². The lowest BCUT2D eigenvalue weighted by Crippen LogP contribution is -2.17. The quantitative estimate of drug-likeness (QED) is 0.278. The number of aryl methyl sites for hydroxylation is 1. The molecule has 0 radical (unpaired) electrons. The molecule has 1 aliphatic rings. The molecule has 5 rings (SSSR count). The molecule has 1 N–H and O–H groups in total. The first-order valence-electron chi connectivity index (χ1n) is 12.1. The number of hydrogen-bond donors (Lipinski definition) is 1. The Morgan fingerprint density at radius 1 is 1.19 bits per heavy atom. The zero-order valence-corrected chi connectivity index (χ0v) is 22.1. The van der Waals surface area contributed by atoms with E-state index in [1.165, 1.54) is 18.4 Å². The third-order valence-electron chi connectivity index (χ3n) is 7.02. The van der Waals surface area contributed by atoms with E-state index < -0.39 is 5.97 Å². The van der Waals surface area contributed by atoms with Crippen LogP contribution in [0.5, 0.6) is 0 Å². The molecule has 0 bridgehead atoms. The number of nitrogens with one attached hydrogen (secondary N) is 1. The van der Waals surface area contributed by atoms with Gasteiger partial charge in [0.15, 0.2) is 0 Å². The first-order chi connectivity index (χ1) is 17.4. The van der Waals surface area contributed by atoms with Crippen molar-refractivity contribution < 1.29 is 14.3 Å². The maximum Gasteiger partial charge on any atom is 0.341 e. The van der Waals surface area contributed by atoms with Gasteiger partial charge in [-0.2, -0.15) is 0 Å². The van der Waals surface area contributed by atoms with Crippen LogP contribution in [-0.2, 0) is 17.6 Å². The maximum absolute atomic E-state index is 13.8. The van der Waals surface area contributed by atoms with Gasteiger partial charge < -0.3 is 10.1 Å². The third-order valence-corrected chi connectivity index (χ3v) is 8.49. The lowest BCUT2D eigenvalue weighted by Gasteiger charge is -2.20. The zero-order valence-electron chi connectivity index (χ0n) is 20.5. The van der Waals surface area contributed by atoms with Crippen LogP contribution < -0.4 is 5.32 Å². The second-order valence-electron chi connectivity index (χ2n) is 9.18. The number of benzene rings is 2. The van der Waals surface area contributed by atoms with Gasteiger partial charge in [0.05, 0.1) is 34.5 Å². The maximum atomic E-state index is 13.8. The zero-order chi connectivity index (χ0) is 25.4. The van der Waals surface area contributed by atoms with Crippen molar-refractivity contribution in [2.75, 3.05) is 12.4 Å². The fraction of sp³-hybridized carbons (Fsp3) is 0.276. The monoisotopic (exact) mass is 518 g/mol. The van der Waals surface area contributed by atoms with Gasteiger partial charge in [0, 0.05) is 15.8 Å². The molecule has 2 aromatic carbocycles. The topological polar surface area (TPSA) is 68.3 Å². The second-order valence-corrected chi connectivity index (χ2v) is 10.7. The van der Waals surface area contributed by atoms with Crippen LogP contribution in [0.15, 0.2) is 48.5 Å². The van der Waals surface area contributed by atoms with E-state index in [0.29, 0.717) is 43.7 Å². The number of halogens is 1. The highest BCUT2D eigenvalue weighted by Crippen LogP contribution is 2.41. The minimum atomic E-state index is -0.416. The number of nitrogens with zero attached hydrogens (tertiary/aromatic N) is 1. The Labute approximate surface area is 219 Å². The minimum absolute atomic E-state index is 0.310. The molecule has 4 aromatic rings. The molecule has 1 atom stereocenters. The van der Waals surface area contributed by atoms with Crippen LogP contribution in [0, 0.1) is 12.8 Å². The number of fused-ring (bicyclic) bond motifs is 2. The summed E-state index contributed by atoms with van der Waals surface area (Å²) in [5.41, 5.74) is 5.16. The van der Waals surface area contributed by atoms with Gasteiger partial charge in [0.25, 0.3) is 5.91 Å². The van der Waals surface area contributed by atoms with Crippen molar-refractivity contribution in [2.24, 2.45) is 5.92 Å². The van der Waals surface area contributed by atoms with Crippen LogP contribution in [0.3, 0.4) is 0 Å². The number of pyridine rings is 1. The molecule has 7 heteroatoms. The summed E-state index contributed by atoms with van der Waals surface area (Å²) in [6.07, 6.45) is 3.86. The highest BCUT2D eigenvalue weighted by atomic mass is 35.5. The average Bonchev–Trinajstić information content (AvgIpc) is 3.25. The first kappa shape index (κ1) is 24.5. The predicted octanol–water partition coefficient (Wildman–Crippen LogP) is 7.48. The molecule has 0 fully saturated rings. The summed E-state index contributed by atoms with van der Waals surface area (Å²) in [5.74, 6) is -0.135. The molecular formula is C29H27ClN2O3S. The fourth-order valence-corrected chi connectivity index (χ4v) is 6.54. The molecule has 2 heterocycles. The van der Waals surface area contributed by atoms with E-state index in [1.807, 2.05) is 43.3 Å². The van der Waals surface area contributed by atoms with Crippen molar-refractivity contribution in [3.05, 3.63) is 80.7 Å². The molecule has 0 saturated carbocycles. The first-order valence-corrected chi connectivity index (χ1v) is 13.3. The molecule has 1 amide bonds. The summed E-state index contributed by atoms with van der Waals surface area (Å²) < 4.78 is 5.11. The number of ether oxygens (including phenoxy) is 1. The van der Waals surface area contributed by atoms with Crippen LogP contribution in [0.4, 0.5) is 5.00 Å². The fourth-order valence-electron chi connectivity index (χ4n) is 4.98. The number of hydrogen-bond acceptors (Lipinski definition) is 5. The summed E-state index contributed by atoms with van der Waals surface area (Å²) in [6.45, 7) is 4.20. The molecule has 36 heavy (non-hydrogen) atoms. The van der Waals surface area contributed by atoms with Gasteiger partial charge in [-0.1, -0.05) is 61.3 Å². The Balaban J connectivity index is 1.61. The van der Waals surface area contributed by atoms with E-state index in [9.17, 15) is 9.59 Å². The van der Waals surface area contributed by atoms with Gasteiger partial charge in [-0.05, 0) is 55.4 Å². The number of methoxy groups -OCH3 is 1. The molecule has 184 valence electrons. The van der Waals surface area contributed by atoms with Gasteiger partial charge in [-0.25, -0.2) is 9.78 Å². The summed E-state index contributed by atoms with van der Waals surface area (Å²) in [5, 5.41) is 4.72. The van der Waals surface area contributed by atoms with Gasteiger partial charge >= 0.3 is 5.97 Å². The molecule has 0 aliphatic heterocycles. The number of rotatable bonds is 5. The normalized spacial score (nSPS) is 14.9. The number of amides is 1. The molecule has 0 saturated heterocycles. The average molecular weight is 519 g/mol. The van der Waals surface area contributed by atoms with Crippen molar-refractivity contribution in [1.29, 1.82) is 0 Å². The van der Waals surface area contributed by atoms with Crippen molar-refractivity contribution in [3.63, 3.8) is 0 Å². The largest absolute Gasteiger partial charge is 0.465 e. The molecule has 0 spiro atoms. The number of para-hydroxylation sites is 1. The highest BCUT2D eigenvalue weighted by molar-refractivity contribution is 7.17. The van der Waals surface area contributed by atoms with Crippen molar-refractivity contribution in [1.82, 2.24) is 4.98 Å². The summed E-state index contributed by atoms with van der Waals surface area (Å²) >= 11 is 8.01. The van der Waals surface area contributed by atoms with Gasteiger partial charge in [0.2, 0.25) is 0 Å². The summed E-state index contributed by atoms with van der Waals surface area (Å²) in [7, 11) is 1.38. The number of carbonyl (C=O) groups excluding carboxylic acids is 2. The Kier molecular flexibility index (Phi) is 6.82. The van der Waals surface area contributed by atoms with Crippen LogP contribution in [0.1, 0.15) is 56.5 Å². The lowest BCUT2D eigenvalue weighted by molar-refractivity contribution is 0.0601. The molecule has 2 aromatic heterocycles. The number of thiophene rings is 1. The third kappa shape index (κ3) is 4.40. The molecule has 1 aliphatic carbocycles. The number of aromatic nitrogens is 1. The van der Waals surface area contributed by atoms with Crippen LogP contribution in [0.25, 0.3) is 22.2 Å². The number of carbonyl (C=O) groups is 2. The Morgan fingerprint density at radius 2 is 2.00 bits per heavy atom. The molecule has 0 unspecified atom stereocenters. The van der Waals surface area contributed by atoms with E-state index in [1.54, 1.807) is 12.1 Å². The SMILES string of the molecule is CC[C@@H]1CCc2c(sc(NC(=O)c3cc(-c4ccccc4C)nc4c(Cl)cccc34)c2C(=O)OC)C1. The van der Waals surface area contributed by atoms with Crippen LogP contribution in [-0.4, -0.2) is 24.0 Å². The minimum Gasteiger partial charge on any atom is -0.465 e. The van der Waals surface area contributed by atoms with E-state index in [2.05, 4.69) is 12.2 Å². The second kappa shape index (κ2) is 10.0. The lowest BCUT2D eigenvalue weighted by atomic mass is 9.85. The standard InChI is InChI=1S/C29H27ClN2O3S/c1-4-17-12-13-20-24(14-17)36-28(25(20)29(34)35-3)32-27(33)21-15-23(18-9-6-5-8-16(18)2)31-26-19(21)10-7-11-22(26)30/h5-11,15,17H,4,12-14H2,1-3H3,(H,32,33)/t17-/m1/s1. The van der Waals surface area contributed by atoms with Crippen LogP contribution in [0.2, 0.25) is 5.02 Å². The van der Waals surface area contributed by atoms with E-state index >= 15 is 0 Å². The van der Waals surface area contributed by atoms with E-state index in [-0.39, 0.29) is 5.91 Å². The van der Waals surface area contributed by atoms with Crippen LogP contribution >= 0.6 is 22.9 Å². The van der Waals surface area contributed by atoms with Gasteiger partial charge in [0.1, 0.15) is 5.00 Å². The number of anilines is 1. The van der Waals surface area contributed by atoms with Crippen molar-refractivity contribution in [2.45, 2.75) is 39.5 Å². The number of esters is 1. The van der Waals surface area contributed by atoms with E-state index in [4.69, 9.17) is 21.3 Å². The summed E-state index contributed by atoms with van der Waals surface area (Å²) in [6, 6.07) is 15.1. The van der Waals surface area contributed by atoms with Gasteiger partial charge in [-0.3, -0.25) is 4.79 Å². The Hall–Kier alpha value is -3.22. The smallest absolute Gasteiger partial charge is 0.341 e. The predicted molar refractivity (Wildman–Crippen MR) is 146 cm³/mol. The molecular weight excluding hydrogens is 492 g/mol. The van der Waals surface area contributed by atoms with Crippen molar-refractivity contribution >= 4 is 50.7 Å². The van der Waals surface area contributed by atoms with Crippen molar-refractivity contribution in [3.8, 4) is 11.3 Å².